The van der Waals surface area contributed by atoms with Gasteiger partial charge in [-0.1, -0.05) is 49.6 Å². The predicted molar refractivity (Wildman–Crippen MR) is 86.7 cm³/mol. The molecule has 1 aliphatic carbocycles. The Balaban J connectivity index is 1.78. The topological polar surface area (TPSA) is 37.4 Å². The summed E-state index contributed by atoms with van der Waals surface area (Å²) in [7, 11) is 0. The van der Waals surface area contributed by atoms with Crippen molar-refractivity contribution in [3.63, 3.8) is 0 Å². The maximum absolute atomic E-state index is 12.7. The Labute approximate surface area is 132 Å². The van der Waals surface area contributed by atoms with Crippen LogP contribution in [0.3, 0.4) is 0 Å². The minimum Gasteiger partial charge on any atom is -0.333 e. The van der Waals surface area contributed by atoms with Crippen molar-refractivity contribution in [3.8, 4) is 0 Å². The van der Waals surface area contributed by atoms with Crippen molar-refractivity contribution in [2.45, 2.75) is 52.0 Å². The number of piperidine rings is 1. The lowest BCUT2D eigenvalue weighted by Crippen LogP contribution is -2.54. The molecule has 0 N–H and O–H groups in total. The summed E-state index contributed by atoms with van der Waals surface area (Å²) in [4.78, 5) is 27.1. The maximum Gasteiger partial charge on any atom is 0.295 e. The molecule has 1 aromatic carbocycles. The van der Waals surface area contributed by atoms with Crippen LogP contribution in [0.2, 0.25) is 0 Å². The van der Waals surface area contributed by atoms with Crippen LogP contribution in [0.5, 0.6) is 0 Å². The second-order valence-corrected chi connectivity index (χ2v) is 6.98. The van der Waals surface area contributed by atoms with E-state index < -0.39 is 0 Å². The van der Waals surface area contributed by atoms with Crippen LogP contribution in [0.4, 0.5) is 0 Å². The van der Waals surface area contributed by atoms with Gasteiger partial charge >= 0.3 is 0 Å². The van der Waals surface area contributed by atoms with E-state index in [0.717, 1.165) is 24.9 Å². The summed E-state index contributed by atoms with van der Waals surface area (Å²) in [6.45, 7) is 5.01. The van der Waals surface area contributed by atoms with E-state index in [1.54, 1.807) is 12.1 Å². The fraction of sp³-hybridized carbons (Fsp3) is 0.579. The second-order valence-electron chi connectivity index (χ2n) is 6.98. The number of rotatable bonds is 2. The Bertz CT molecular complexity index is 563. The molecular formula is C19H25NO2. The molecule has 3 nitrogen and oxygen atoms in total. The number of Topliss-reactive ketones (excluding diaryl/α,β-unsaturated/α-hetero) is 1. The zero-order valence-corrected chi connectivity index (χ0v) is 13.5. The van der Waals surface area contributed by atoms with Gasteiger partial charge in [0.1, 0.15) is 0 Å². The summed E-state index contributed by atoms with van der Waals surface area (Å²) in [6, 6.07) is 7.59. The van der Waals surface area contributed by atoms with Crippen molar-refractivity contribution in [2.24, 2.45) is 11.8 Å². The van der Waals surface area contributed by atoms with Gasteiger partial charge in [-0.2, -0.15) is 0 Å². The highest BCUT2D eigenvalue weighted by Gasteiger charge is 2.40. The van der Waals surface area contributed by atoms with Crippen LogP contribution < -0.4 is 0 Å². The quantitative estimate of drug-likeness (QED) is 0.618. The van der Waals surface area contributed by atoms with E-state index in [1.165, 1.54) is 19.3 Å². The van der Waals surface area contributed by atoms with Crippen LogP contribution >= 0.6 is 0 Å². The monoisotopic (exact) mass is 299 g/mol. The highest BCUT2D eigenvalue weighted by molar-refractivity contribution is 6.42. The van der Waals surface area contributed by atoms with E-state index in [9.17, 15) is 9.59 Å². The lowest BCUT2D eigenvalue weighted by Gasteiger charge is -2.47. The first-order chi connectivity index (χ1) is 10.6. The third-order valence-corrected chi connectivity index (χ3v) is 5.51. The molecule has 1 saturated carbocycles. The number of nitrogens with zero attached hydrogens (tertiary/aromatic N) is 1. The van der Waals surface area contributed by atoms with Crippen molar-refractivity contribution in [1.29, 1.82) is 0 Å². The predicted octanol–water partition coefficient (Wildman–Crippen LogP) is 3.60. The zero-order chi connectivity index (χ0) is 15.7. The molecule has 1 aromatic rings. The molecule has 1 aliphatic heterocycles. The van der Waals surface area contributed by atoms with Crippen molar-refractivity contribution in [2.75, 3.05) is 6.54 Å². The van der Waals surface area contributed by atoms with E-state index >= 15 is 0 Å². The molecule has 118 valence electrons. The Hall–Kier alpha value is -1.64. The lowest BCUT2D eigenvalue weighted by molar-refractivity contribution is -0.134. The third kappa shape index (κ3) is 2.81. The van der Waals surface area contributed by atoms with E-state index in [4.69, 9.17) is 0 Å². The molecule has 22 heavy (non-hydrogen) atoms. The van der Waals surface area contributed by atoms with Gasteiger partial charge in [-0.25, -0.2) is 0 Å². The van der Waals surface area contributed by atoms with Crippen LogP contribution in [-0.2, 0) is 4.79 Å². The maximum atomic E-state index is 12.7. The zero-order valence-electron chi connectivity index (χ0n) is 13.5. The van der Waals surface area contributed by atoms with Gasteiger partial charge in [0, 0.05) is 18.2 Å². The van der Waals surface area contributed by atoms with E-state index in [-0.39, 0.29) is 17.7 Å². The van der Waals surface area contributed by atoms with Crippen LogP contribution in [0.25, 0.3) is 0 Å². The smallest absolute Gasteiger partial charge is 0.295 e. The van der Waals surface area contributed by atoms with Gasteiger partial charge in [-0.15, -0.1) is 0 Å². The summed E-state index contributed by atoms with van der Waals surface area (Å²) in [6.07, 6.45) is 5.72. The first-order valence-corrected chi connectivity index (χ1v) is 8.50. The highest BCUT2D eigenvalue weighted by atomic mass is 16.2. The van der Waals surface area contributed by atoms with Crippen molar-refractivity contribution < 1.29 is 9.59 Å². The molecular weight excluding hydrogens is 274 g/mol. The molecule has 3 atom stereocenters. The molecule has 2 fully saturated rings. The van der Waals surface area contributed by atoms with Crippen LogP contribution in [-0.4, -0.2) is 29.2 Å². The Morgan fingerprint density at radius 2 is 1.73 bits per heavy atom. The number of fused-ring (bicyclic) bond motifs is 1. The van der Waals surface area contributed by atoms with Gasteiger partial charge < -0.3 is 4.90 Å². The number of benzene rings is 1. The molecule has 0 unspecified atom stereocenters. The van der Waals surface area contributed by atoms with E-state index in [1.807, 2.05) is 24.0 Å². The summed E-state index contributed by atoms with van der Waals surface area (Å²) in [5.41, 5.74) is 1.62. The normalized spacial score (nSPS) is 28.1. The number of carbonyl (C=O) groups excluding carboxylic acids is 2. The highest BCUT2D eigenvalue weighted by Crippen LogP contribution is 2.38. The molecule has 0 radical (unpaired) electrons. The minimum absolute atomic E-state index is 0.277. The van der Waals surface area contributed by atoms with E-state index in [0.29, 0.717) is 17.4 Å². The summed E-state index contributed by atoms with van der Waals surface area (Å²) < 4.78 is 0. The molecule has 0 spiro atoms. The SMILES string of the molecule is Cc1ccc(C(=O)C(=O)N2CC[C@H](C)[C@H]3CCCC[C@@H]32)cc1. The van der Waals surface area contributed by atoms with Gasteiger partial charge in [0.2, 0.25) is 5.78 Å². The van der Waals surface area contributed by atoms with Gasteiger partial charge in [0.25, 0.3) is 5.91 Å². The van der Waals surface area contributed by atoms with Crippen LogP contribution in [0, 0.1) is 18.8 Å². The first kappa shape index (κ1) is 15.3. The minimum atomic E-state index is -0.348. The average molecular weight is 299 g/mol. The molecule has 0 aromatic heterocycles. The summed E-state index contributed by atoms with van der Waals surface area (Å²) >= 11 is 0. The fourth-order valence-corrected chi connectivity index (χ4v) is 4.12. The Kier molecular flexibility index (Phi) is 4.32. The van der Waals surface area contributed by atoms with Crippen LogP contribution in [0.15, 0.2) is 24.3 Å². The number of ketones is 1. The average Bonchev–Trinajstić information content (AvgIpc) is 2.55. The van der Waals surface area contributed by atoms with Crippen molar-refractivity contribution >= 4 is 11.7 Å². The lowest BCUT2D eigenvalue weighted by atomic mass is 9.72. The van der Waals surface area contributed by atoms with Gasteiger partial charge in [-0.3, -0.25) is 9.59 Å². The molecule has 3 rings (SSSR count). The Morgan fingerprint density at radius 1 is 1.05 bits per heavy atom. The number of hydrogen-bond acceptors (Lipinski definition) is 2. The Morgan fingerprint density at radius 3 is 2.45 bits per heavy atom. The van der Waals surface area contributed by atoms with Crippen molar-refractivity contribution in [1.82, 2.24) is 4.90 Å². The van der Waals surface area contributed by atoms with Gasteiger partial charge in [0.15, 0.2) is 0 Å². The van der Waals surface area contributed by atoms with Gasteiger partial charge in [-0.05, 0) is 38.0 Å². The molecule has 3 heteroatoms. The second kappa shape index (κ2) is 6.23. The molecule has 2 aliphatic rings. The first-order valence-electron chi connectivity index (χ1n) is 8.50. The third-order valence-electron chi connectivity index (χ3n) is 5.51. The van der Waals surface area contributed by atoms with Crippen molar-refractivity contribution in [3.05, 3.63) is 35.4 Å². The summed E-state index contributed by atoms with van der Waals surface area (Å²) in [5, 5.41) is 0. The molecule has 1 heterocycles. The fourth-order valence-electron chi connectivity index (χ4n) is 4.12. The molecule has 0 bridgehead atoms. The number of aryl methyl sites for hydroxylation is 1. The van der Waals surface area contributed by atoms with E-state index in [2.05, 4.69) is 6.92 Å². The molecule has 1 amide bonds. The number of carbonyl (C=O) groups is 2. The van der Waals surface area contributed by atoms with Crippen LogP contribution in [0.1, 0.15) is 54.9 Å². The van der Waals surface area contributed by atoms with Gasteiger partial charge in [0.05, 0.1) is 0 Å². The largest absolute Gasteiger partial charge is 0.333 e. The number of likely N-dealkylation sites (tertiary alicyclic amines) is 1. The molecule has 1 saturated heterocycles. The standard InChI is InChI=1S/C19H25NO2/c1-13-7-9-15(10-8-13)18(21)19(22)20-12-11-14(2)16-5-3-4-6-17(16)20/h7-10,14,16-17H,3-6,11-12H2,1-2H3/t14-,16+,17-/m0/s1. The number of amides is 1. The summed E-state index contributed by atoms with van der Waals surface area (Å²) in [5.74, 6) is 0.604. The number of hydrogen-bond donors (Lipinski definition) is 0.